The number of likely N-dealkylation sites (tertiary alicyclic amines) is 2. The quantitative estimate of drug-likeness (QED) is 0.803. The van der Waals surface area contributed by atoms with Gasteiger partial charge in [-0.3, -0.25) is 14.5 Å². The van der Waals surface area contributed by atoms with Crippen LogP contribution in [0.1, 0.15) is 44.1 Å². The van der Waals surface area contributed by atoms with Crippen LogP contribution in [0.25, 0.3) is 0 Å². The molecule has 1 aromatic carbocycles. The van der Waals surface area contributed by atoms with Crippen LogP contribution in [-0.4, -0.2) is 71.8 Å². The van der Waals surface area contributed by atoms with Gasteiger partial charge in [-0.15, -0.1) is 0 Å². The molecule has 28 heavy (non-hydrogen) atoms. The smallest absolute Gasteiger partial charge is 0.225 e. The standard InChI is InChI=1S/C23H33N3O2/c1-24-20-8-9-21(24)17-26(16-13-20)23(28)19-11-14-25(15-12-19)22(27)10-7-18-5-3-2-4-6-18/h2-6,19-21H,7-17H2,1H3. The van der Waals surface area contributed by atoms with E-state index >= 15 is 0 Å². The maximum atomic E-state index is 13.1. The number of rotatable bonds is 4. The highest BCUT2D eigenvalue weighted by Gasteiger charge is 2.38. The molecule has 5 nitrogen and oxygen atoms in total. The predicted molar refractivity (Wildman–Crippen MR) is 110 cm³/mol. The Balaban J connectivity index is 1.24. The number of benzene rings is 1. The number of likely N-dealkylation sites (N-methyl/N-ethyl adjacent to an activating group) is 1. The van der Waals surface area contributed by atoms with Crippen molar-refractivity contribution in [3.05, 3.63) is 35.9 Å². The highest BCUT2D eigenvalue weighted by Crippen LogP contribution is 2.30. The Kier molecular flexibility index (Phi) is 6.00. The molecule has 3 fully saturated rings. The first-order valence-corrected chi connectivity index (χ1v) is 10.9. The molecule has 3 aliphatic heterocycles. The lowest BCUT2D eigenvalue weighted by Crippen LogP contribution is -2.46. The first-order chi connectivity index (χ1) is 13.6. The Labute approximate surface area is 168 Å². The fraction of sp³-hybridized carbons (Fsp3) is 0.652. The van der Waals surface area contributed by atoms with E-state index in [1.54, 1.807) is 0 Å². The molecule has 2 unspecified atom stereocenters. The third kappa shape index (κ3) is 4.24. The van der Waals surface area contributed by atoms with Crippen molar-refractivity contribution < 1.29 is 9.59 Å². The molecule has 4 rings (SSSR count). The maximum Gasteiger partial charge on any atom is 0.225 e. The molecule has 0 spiro atoms. The van der Waals surface area contributed by atoms with Crippen LogP contribution in [0.2, 0.25) is 0 Å². The summed E-state index contributed by atoms with van der Waals surface area (Å²) in [6.07, 6.45) is 6.60. The fourth-order valence-corrected chi connectivity index (χ4v) is 5.20. The van der Waals surface area contributed by atoms with Gasteiger partial charge in [-0.25, -0.2) is 0 Å². The van der Waals surface area contributed by atoms with Gasteiger partial charge in [0.1, 0.15) is 0 Å². The molecule has 152 valence electrons. The van der Waals surface area contributed by atoms with E-state index in [0.717, 1.165) is 51.9 Å². The molecule has 3 aliphatic rings. The SMILES string of the molecule is CN1C2CCC1CN(C(=O)C1CCN(C(=O)CCc3ccccc3)CC1)CC2. The van der Waals surface area contributed by atoms with E-state index in [0.29, 0.717) is 24.4 Å². The van der Waals surface area contributed by atoms with Crippen LogP contribution in [0.4, 0.5) is 0 Å². The zero-order valence-electron chi connectivity index (χ0n) is 17.1. The monoisotopic (exact) mass is 383 g/mol. The van der Waals surface area contributed by atoms with E-state index in [-0.39, 0.29) is 11.8 Å². The summed E-state index contributed by atoms with van der Waals surface area (Å²) in [6, 6.07) is 11.4. The zero-order valence-corrected chi connectivity index (χ0v) is 17.1. The number of hydrogen-bond acceptors (Lipinski definition) is 3. The Bertz CT molecular complexity index is 684. The van der Waals surface area contributed by atoms with Crippen molar-refractivity contribution in [3.8, 4) is 0 Å². The Morgan fingerprint density at radius 3 is 2.32 bits per heavy atom. The Hall–Kier alpha value is -1.88. The number of carbonyl (C=O) groups is 2. The molecule has 2 amide bonds. The minimum atomic E-state index is 0.0973. The topological polar surface area (TPSA) is 43.9 Å². The number of fused-ring (bicyclic) bond motifs is 2. The lowest BCUT2D eigenvalue weighted by molar-refractivity contribution is -0.141. The average Bonchev–Trinajstić information content (AvgIpc) is 2.98. The minimum Gasteiger partial charge on any atom is -0.343 e. The van der Waals surface area contributed by atoms with E-state index < -0.39 is 0 Å². The van der Waals surface area contributed by atoms with E-state index in [1.807, 2.05) is 23.1 Å². The van der Waals surface area contributed by atoms with Crippen molar-refractivity contribution in [1.82, 2.24) is 14.7 Å². The lowest BCUT2D eigenvalue weighted by atomic mass is 9.94. The van der Waals surface area contributed by atoms with Gasteiger partial charge in [0.2, 0.25) is 11.8 Å². The van der Waals surface area contributed by atoms with E-state index in [4.69, 9.17) is 0 Å². The van der Waals surface area contributed by atoms with E-state index in [2.05, 4.69) is 29.0 Å². The van der Waals surface area contributed by atoms with Crippen molar-refractivity contribution in [2.45, 2.75) is 57.0 Å². The van der Waals surface area contributed by atoms with Crippen molar-refractivity contribution in [3.63, 3.8) is 0 Å². The van der Waals surface area contributed by atoms with Gasteiger partial charge in [0, 0.05) is 50.6 Å². The second-order valence-corrected chi connectivity index (χ2v) is 8.76. The first-order valence-electron chi connectivity index (χ1n) is 10.9. The first kappa shape index (κ1) is 19.4. The fourth-order valence-electron chi connectivity index (χ4n) is 5.20. The lowest BCUT2D eigenvalue weighted by Gasteiger charge is -2.35. The van der Waals surface area contributed by atoms with Gasteiger partial charge in [0.25, 0.3) is 0 Å². The number of hydrogen-bond donors (Lipinski definition) is 0. The van der Waals surface area contributed by atoms with Gasteiger partial charge < -0.3 is 9.80 Å². The second kappa shape index (κ2) is 8.64. The largest absolute Gasteiger partial charge is 0.343 e. The highest BCUT2D eigenvalue weighted by molar-refractivity contribution is 5.80. The van der Waals surface area contributed by atoms with Crippen LogP contribution in [0, 0.1) is 5.92 Å². The molecular weight excluding hydrogens is 350 g/mol. The molecule has 3 heterocycles. The van der Waals surface area contributed by atoms with Gasteiger partial charge in [0.15, 0.2) is 0 Å². The normalized spacial score (nSPS) is 26.3. The summed E-state index contributed by atoms with van der Waals surface area (Å²) >= 11 is 0. The second-order valence-electron chi connectivity index (χ2n) is 8.76. The van der Waals surface area contributed by atoms with Crippen LogP contribution < -0.4 is 0 Å². The van der Waals surface area contributed by atoms with Crippen molar-refractivity contribution in [2.24, 2.45) is 5.92 Å². The van der Waals surface area contributed by atoms with Gasteiger partial charge >= 0.3 is 0 Å². The maximum absolute atomic E-state index is 13.1. The highest BCUT2D eigenvalue weighted by atomic mass is 16.2. The zero-order chi connectivity index (χ0) is 19.5. The number of carbonyl (C=O) groups excluding carboxylic acids is 2. The molecule has 0 radical (unpaired) electrons. The van der Waals surface area contributed by atoms with E-state index in [9.17, 15) is 9.59 Å². The summed E-state index contributed by atoms with van der Waals surface area (Å²) in [5.41, 5.74) is 1.21. The van der Waals surface area contributed by atoms with Gasteiger partial charge in [-0.2, -0.15) is 0 Å². The third-order valence-corrected chi connectivity index (χ3v) is 7.13. The van der Waals surface area contributed by atoms with Crippen LogP contribution in [-0.2, 0) is 16.0 Å². The molecular formula is C23H33N3O2. The van der Waals surface area contributed by atoms with Crippen LogP contribution in [0.15, 0.2) is 30.3 Å². The number of nitrogens with zero attached hydrogens (tertiary/aromatic N) is 3. The Morgan fingerprint density at radius 2 is 1.57 bits per heavy atom. The summed E-state index contributed by atoms with van der Waals surface area (Å²) in [6.45, 7) is 3.25. The number of aryl methyl sites for hydroxylation is 1. The van der Waals surface area contributed by atoms with Crippen LogP contribution in [0.3, 0.4) is 0 Å². The molecule has 0 aliphatic carbocycles. The molecule has 2 atom stereocenters. The molecule has 2 bridgehead atoms. The van der Waals surface area contributed by atoms with E-state index in [1.165, 1.54) is 18.4 Å². The van der Waals surface area contributed by atoms with Crippen molar-refractivity contribution in [2.75, 3.05) is 33.2 Å². The number of amides is 2. The molecule has 0 aromatic heterocycles. The summed E-state index contributed by atoms with van der Waals surface area (Å²) in [5, 5.41) is 0. The van der Waals surface area contributed by atoms with Crippen LogP contribution >= 0.6 is 0 Å². The summed E-state index contributed by atoms with van der Waals surface area (Å²) in [4.78, 5) is 32.2. The van der Waals surface area contributed by atoms with Gasteiger partial charge in [-0.05, 0) is 51.1 Å². The van der Waals surface area contributed by atoms with Gasteiger partial charge in [-0.1, -0.05) is 30.3 Å². The molecule has 0 N–H and O–H groups in total. The number of piperidine rings is 1. The summed E-state index contributed by atoms with van der Waals surface area (Å²) < 4.78 is 0. The molecule has 5 heteroatoms. The van der Waals surface area contributed by atoms with Crippen molar-refractivity contribution in [1.29, 1.82) is 0 Å². The Morgan fingerprint density at radius 1 is 0.893 bits per heavy atom. The molecule has 0 saturated carbocycles. The molecule has 3 saturated heterocycles. The van der Waals surface area contributed by atoms with Crippen LogP contribution in [0.5, 0.6) is 0 Å². The summed E-state index contributed by atoms with van der Waals surface area (Å²) in [7, 11) is 2.22. The van der Waals surface area contributed by atoms with Gasteiger partial charge in [0.05, 0.1) is 0 Å². The third-order valence-electron chi connectivity index (χ3n) is 7.13. The minimum absolute atomic E-state index is 0.0973. The van der Waals surface area contributed by atoms with Crippen molar-refractivity contribution >= 4 is 11.8 Å². The predicted octanol–water partition coefficient (Wildman–Crippen LogP) is 2.55. The average molecular weight is 384 g/mol. The molecule has 1 aromatic rings. The summed E-state index contributed by atoms with van der Waals surface area (Å²) in [5.74, 6) is 0.654.